The number of aliphatic hydroxyl groups is 1. The van der Waals surface area contributed by atoms with E-state index in [9.17, 15) is 33.2 Å². The molecule has 0 aliphatic carbocycles. The molecule has 0 aromatic carbocycles. The second-order valence-corrected chi connectivity index (χ2v) is 4.89. The molecular weight excluding hydrogens is 323 g/mol. The molecule has 0 unspecified atom stereocenters. The van der Waals surface area contributed by atoms with Gasteiger partial charge in [-0.25, -0.2) is 0 Å². The van der Waals surface area contributed by atoms with Gasteiger partial charge in [0.2, 0.25) is 5.91 Å². The van der Waals surface area contributed by atoms with E-state index in [0.29, 0.717) is 0 Å². The second kappa shape index (κ2) is 5.61. The summed E-state index contributed by atoms with van der Waals surface area (Å²) in [5, 5.41) is 27.3. The van der Waals surface area contributed by atoms with Crippen molar-refractivity contribution >= 4 is 17.8 Å². The van der Waals surface area contributed by atoms with Gasteiger partial charge in [0.25, 0.3) is 5.72 Å². The molecule has 1 aromatic heterocycles. The first-order valence-electron chi connectivity index (χ1n) is 6.39. The quantitative estimate of drug-likeness (QED) is 0.650. The number of halogens is 3. The first kappa shape index (κ1) is 16.9. The number of hydrazone groups is 1. The molecule has 1 aliphatic heterocycles. The highest BCUT2D eigenvalue weighted by Gasteiger charge is 2.61. The molecule has 23 heavy (non-hydrogen) atoms. The predicted molar refractivity (Wildman–Crippen MR) is 69.2 cm³/mol. The standard InChI is InChI=1S/C11H12F3N5O4/c1-7-8(19(22)23)6-17(16-7)5-2-9(20)18-10(21,3-4-15-18)11(12,13)14/h4,6,21H,2-3,5H2,1H3/t10-/m0/s1. The van der Waals surface area contributed by atoms with Crippen LogP contribution in [0.4, 0.5) is 18.9 Å². The zero-order valence-corrected chi connectivity index (χ0v) is 11.8. The highest BCUT2D eigenvalue weighted by molar-refractivity contribution is 5.80. The van der Waals surface area contributed by atoms with E-state index in [1.165, 1.54) is 6.92 Å². The third-order valence-corrected chi connectivity index (χ3v) is 3.29. The maximum Gasteiger partial charge on any atom is 0.438 e. The number of aryl methyl sites for hydroxylation is 2. The molecule has 0 radical (unpaired) electrons. The summed E-state index contributed by atoms with van der Waals surface area (Å²) in [6.45, 7) is 1.21. The number of rotatable bonds is 4. The molecule has 1 amide bonds. The maximum atomic E-state index is 12.8. The molecule has 0 saturated carbocycles. The number of hydrogen-bond acceptors (Lipinski definition) is 6. The molecule has 1 aliphatic rings. The van der Waals surface area contributed by atoms with Crippen LogP contribution in [0.1, 0.15) is 18.5 Å². The third-order valence-electron chi connectivity index (χ3n) is 3.29. The van der Waals surface area contributed by atoms with E-state index in [1.54, 1.807) is 0 Å². The molecule has 0 bridgehead atoms. The zero-order valence-electron chi connectivity index (χ0n) is 11.8. The van der Waals surface area contributed by atoms with E-state index in [2.05, 4.69) is 10.2 Å². The lowest BCUT2D eigenvalue weighted by Crippen LogP contribution is -2.56. The summed E-state index contributed by atoms with van der Waals surface area (Å²) in [5.74, 6) is -1.07. The van der Waals surface area contributed by atoms with Crippen molar-refractivity contribution in [2.24, 2.45) is 5.10 Å². The number of nitrogens with zero attached hydrogens (tertiary/aromatic N) is 5. The van der Waals surface area contributed by atoms with Gasteiger partial charge in [-0.2, -0.15) is 28.4 Å². The summed E-state index contributed by atoms with van der Waals surface area (Å²) in [7, 11) is 0. The Morgan fingerprint density at radius 1 is 1.57 bits per heavy atom. The van der Waals surface area contributed by atoms with Gasteiger partial charge in [-0.15, -0.1) is 0 Å². The van der Waals surface area contributed by atoms with Crippen molar-refractivity contribution in [2.75, 3.05) is 0 Å². The van der Waals surface area contributed by atoms with Crippen molar-refractivity contribution < 1.29 is 28.0 Å². The summed E-state index contributed by atoms with van der Waals surface area (Å²) in [4.78, 5) is 21.9. The van der Waals surface area contributed by atoms with Gasteiger partial charge < -0.3 is 5.11 Å². The summed E-state index contributed by atoms with van der Waals surface area (Å²) >= 11 is 0. The lowest BCUT2D eigenvalue weighted by molar-refractivity contribution is -0.385. The van der Waals surface area contributed by atoms with Crippen molar-refractivity contribution in [1.29, 1.82) is 0 Å². The Labute approximate surface area is 127 Å². The van der Waals surface area contributed by atoms with Crippen molar-refractivity contribution in [3.05, 3.63) is 22.0 Å². The number of alkyl halides is 3. The highest BCUT2D eigenvalue weighted by Crippen LogP contribution is 2.38. The molecule has 2 rings (SSSR count). The third kappa shape index (κ3) is 3.02. The molecule has 0 fully saturated rings. The molecule has 12 heteroatoms. The maximum absolute atomic E-state index is 12.8. The van der Waals surface area contributed by atoms with Crippen LogP contribution in [-0.2, 0) is 11.3 Å². The van der Waals surface area contributed by atoms with E-state index in [4.69, 9.17) is 0 Å². The van der Waals surface area contributed by atoms with Crippen LogP contribution in [0.3, 0.4) is 0 Å². The summed E-state index contributed by atoms with van der Waals surface area (Å²) in [6.07, 6.45) is -4.50. The molecule has 9 nitrogen and oxygen atoms in total. The Kier molecular flexibility index (Phi) is 4.11. The van der Waals surface area contributed by atoms with Crippen LogP contribution in [0, 0.1) is 17.0 Å². The Morgan fingerprint density at radius 2 is 2.22 bits per heavy atom. The van der Waals surface area contributed by atoms with E-state index >= 15 is 0 Å². The van der Waals surface area contributed by atoms with Gasteiger partial charge in [0, 0.05) is 19.1 Å². The number of amides is 1. The van der Waals surface area contributed by atoms with Crippen LogP contribution in [0.2, 0.25) is 0 Å². The zero-order chi connectivity index (χ0) is 17.4. The van der Waals surface area contributed by atoms with Crippen LogP contribution in [-0.4, -0.2) is 48.8 Å². The van der Waals surface area contributed by atoms with Crippen LogP contribution in [0.15, 0.2) is 11.3 Å². The summed E-state index contributed by atoms with van der Waals surface area (Å²) in [5.41, 5.74) is -3.51. The van der Waals surface area contributed by atoms with Crippen LogP contribution >= 0.6 is 0 Å². The number of hydrogen-bond donors (Lipinski definition) is 1. The minimum Gasteiger partial charge on any atom is -0.362 e. The van der Waals surface area contributed by atoms with E-state index < -0.39 is 35.6 Å². The monoisotopic (exact) mass is 335 g/mol. The second-order valence-electron chi connectivity index (χ2n) is 4.89. The molecule has 0 saturated heterocycles. The minimum atomic E-state index is -5.06. The minimum absolute atomic E-state index is 0.0161. The van der Waals surface area contributed by atoms with Crippen molar-refractivity contribution in [2.45, 2.75) is 38.2 Å². The molecular formula is C11H12F3N5O4. The van der Waals surface area contributed by atoms with Gasteiger partial charge in [-0.05, 0) is 6.92 Å². The summed E-state index contributed by atoms with van der Waals surface area (Å²) in [6, 6.07) is 0. The average Bonchev–Trinajstić information content (AvgIpc) is 2.99. The van der Waals surface area contributed by atoms with Gasteiger partial charge in [0.15, 0.2) is 0 Å². The van der Waals surface area contributed by atoms with Gasteiger partial charge >= 0.3 is 11.9 Å². The first-order valence-corrected chi connectivity index (χ1v) is 6.39. The van der Waals surface area contributed by atoms with Gasteiger partial charge in [-0.1, -0.05) is 0 Å². The van der Waals surface area contributed by atoms with E-state index in [-0.39, 0.29) is 22.9 Å². The lowest BCUT2D eigenvalue weighted by atomic mass is 10.1. The molecule has 126 valence electrons. The number of aromatic nitrogens is 2. The molecule has 1 atom stereocenters. The van der Waals surface area contributed by atoms with Gasteiger partial charge in [0.1, 0.15) is 11.9 Å². The number of carbonyl (C=O) groups excluding carboxylic acids is 1. The predicted octanol–water partition coefficient (Wildman–Crippen LogP) is 0.959. The van der Waals surface area contributed by atoms with Crippen molar-refractivity contribution in [1.82, 2.24) is 14.8 Å². The molecule has 2 heterocycles. The van der Waals surface area contributed by atoms with Crippen molar-refractivity contribution in [3.63, 3.8) is 0 Å². The summed E-state index contributed by atoms with van der Waals surface area (Å²) < 4.78 is 39.6. The Hall–Kier alpha value is -2.50. The fraction of sp³-hybridized carbons (Fsp3) is 0.545. The largest absolute Gasteiger partial charge is 0.438 e. The SMILES string of the molecule is Cc1nn(CCC(=O)N2N=CC[C@]2(O)C(F)(F)F)cc1[N+](=O)[O-]. The Balaban J connectivity index is 2.06. The highest BCUT2D eigenvalue weighted by atomic mass is 19.4. The Morgan fingerprint density at radius 3 is 2.74 bits per heavy atom. The molecule has 0 spiro atoms. The normalized spacial score (nSPS) is 21.0. The van der Waals surface area contributed by atoms with Gasteiger partial charge in [-0.3, -0.25) is 19.6 Å². The van der Waals surface area contributed by atoms with Gasteiger partial charge in [0.05, 0.1) is 11.5 Å². The molecule has 1 N–H and O–H groups in total. The fourth-order valence-electron chi connectivity index (χ4n) is 2.06. The lowest BCUT2D eigenvalue weighted by Gasteiger charge is -2.32. The average molecular weight is 335 g/mol. The van der Waals surface area contributed by atoms with Crippen LogP contribution < -0.4 is 0 Å². The van der Waals surface area contributed by atoms with Crippen molar-refractivity contribution in [3.8, 4) is 0 Å². The van der Waals surface area contributed by atoms with E-state index in [1.807, 2.05) is 0 Å². The smallest absolute Gasteiger partial charge is 0.362 e. The van der Waals surface area contributed by atoms with E-state index in [0.717, 1.165) is 17.1 Å². The number of nitro groups is 1. The topological polar surface area (TPSA) is 114 Å². The Bertz CT molecular complexity index is 671. The van der Waals surface area contributed by atoms with Crippen LogP contribution in [0.25, 0.3) is 0 Å². The fourth-order valence-corrected chi connectivity index (χ4v) is 2.06. The van der Waals surface area contributed by atoms with Crippen LogP contribution in [0.5, 0.6) is 0 Å². The number of carbonyl (C=O) groups is 1. The first-order chi connectivity index (χ1) is 10.6. The molecule has 1 aromatic rings.